The molecular formula is C31H36O13S2. The van der Waals surface area contributed by atoms with E-state index >= 15 is 0 Å². The summed E-state index contributed by atoms with van der Waals surface area (Å²) >= 11 is 0. The lowest BCUT2D eigenvalue weighted by Crippen LogP contribution is -2.18. The molecule has 0 aliphatic rings. The summed E-state index contributed by atoms with van der Waals surface area (Å²) in [5, 5.41) is 0. The van der Waals surface area contributed by atoms with E-state index in [0.717, 1.165) is 39.1 Å². The van der Waals surface area contributed by atoms with Crippen molar-refractivity contribution in [2.75, 3.05) is 33.3 Å². The number of hydrogen-bond acceptors (Lipinski definition) is 13. The molecule has 13 nitrogen and oxygen atoms in total. The summed E-state index contributed by atoms with van der Waals surface area (Å²) in [5.74, 6) is -3.68. The van der Waals surface area contributed by atoms with Gasteiger partial charge in [0.2, 0.25) is 0 Å². The summed E-state index contributed by atoms with van der Waals surface area (Å²) in [4.78, 5) is 70.8. The van der Waals surface area contributed by atoms with Gasteiger partial charge in [0.15, 0.2) is 37.0 Å². The van der Waals surface area contributed by atoms with Crippen molar-refractivity contribution in [2.24, 2.45) is 0 Å². The molecular weight excluding hydrogens is 644 g/mol. The molecule has 0 amide bonds. The van der Waals surface area contributed by atoms with E-state index in [1.54, 1.807) is 6.92 Å². The maximum atomic E-state index is 12.7. The highest BCUT2D eigenvalue weighted by atomic mass is 32.2. The predicted molar refractivity (Wildman–Crippen MR) is 166 cm³/mol. The number of carbonyl (C=O) groups excluding carboxylic acids is 6. The number of methoxy groups -OCH3 is 2. The van der Waals surface area contributed by atoms with Crippen LogP contribution in [0, 0.1) is 13.8 Å². The van der Waals surface area contributed by atoms with Gasteiger partial charge in [0, 0.05) is 23.6 Å². The van der Waals surface area contributed by atoms with Crippen molar-refractivity contribution in [1.82, 2.24) is 0 Å². The summed E-state index contributed by atoms with van der Waals surface area (Å²) in [6, 6.07) is 4.91. The molecule has 0 fully saturated rings. The third-order valence-corrected chi connectivity index (χ3v) is 8.66. The molecule has 46 heavy (non-hydrogen) atoms. The Labute approximate surface area is 267 Å². The molecule has 0 saturated carbocycles. The monoisotopic (exact) mass is 680 g/mol. The minimum absolute atomic E-state index is 0.0222. The minimum Gasteiger partial charge on any atom is -0.501 e. The normalized spacial score (nSPS) is 11.5. The number of ether oxygens (including phenoxy) is 3. The van der Waals surface area contributed by atoms with Gasteiger partial charge < -0.3 is 14.2 Å². The van der Waals surface area contributed by atoms with Gasteiger partial charge >= 0.3 is 11.9 Å². The van der Waals surface area contributed by atoms with Crippen LogP contribution in [-0.2, 0) is 43.5 Å². The number of Topliss-reactive ketones (excluding diaryl/α,β-unsaturated/α-hetero) is 4. The first-order valence-corrected chi connectivity index (χ1v) is 17.2. The maximum Gasteiger partial charge on any atom is 0.339 e. The van der Waals surface area contributed by atoms with E-state index in [2.05, 4.69) is 9.47 Å². The number of hydrogen-bond donors (Lipinski definition) is 0. The number of rotatable bonds is 12. The first-order valence-electron chi connectivity index (χ1n) is 13.4. The topological polar surface area (TPSA) is 198 Å². The zero-order chi connectivity index (χ0) is 35.7. The van der Waals surface area contributed by atoms with Gasteiger partial charge in [0.25, 0.3) is 0 Å². The van der Waals surface area contributed by atoms with Crippen molar-refractivity contribution in [1.29, 1.82) is 0 Å². The Morgan fingerprint density at radius 1 is 0.717 bits per heavy atom. The van der Waals surface area contributed by atoms with Crippen LogP contribution in [0.1, 0.15) is 79.8 Å². The molecule has 0 aliphatic carbocycles. The second kappa shape index (κ2) is 16.2. The fourth-order valence-corrected chi connectivity index (χ4v) is 6.03. The average molecular weight is 681 g/mol. The van der Waals surface area contributed by atoms with Gasteiger partial charge in [0.05, 0.1) is 60.0 Å². The van der Waals surface area contributed by atoms with Gasteiger partial charge in [-0.3, -0.25) is 19.2 Å². The largest absolute Gasteiger partial charge is 0.501 e. The molecule has 0 unspecified atom stereocenters. The van der Waals surface area contributed by atoms with Crippen molar-refractivity contribution in [3.05, 3.63) is 69.5 Å². The molecule has 0 aliphatic heterocycles. The third-order valence-electron chi connectivity index (χ3n) is 6.38. The third kappa shape index (κ3) is 9.75. The second-order valence-corrected chi connectivity index (χ2v) is 13.9. The molecule has 2 aromatic carbocycles. The molecule has 15 heteroatoms. The Hall–Kier alpha value is -4.50. The Morgan fingerprint density at radius 2 is 1.13 bits per heavy atom. The Morgan fingerprint density at radius 3 is 1.48 bits per heavy atom. The van der Waals surface area contributed by atoms with Crippen LogP contribution < -0.4 is 0 Å². The van der Waals surface area contributed by atoms with Crippen LogP contribution in [-0.4, -0.2) is 85.2 Å². The van der Waals surface area contributed by atoms with E-state index in [1.165, 1.54) is 45.9 Å². The van der Waals surface area contributed by atoms with E-state index < -0.39 is 49.0 Å². The van der Waals surface area contributed by atoms with Gasteiger partial charge in [0.1, 0.15) is 5.78 Å². The lowest BCUT2D eigenvalue weighted by Gasteiger charge is -2.14. The highest BCUT2D eigenvalue weighted by Crippen LogP contribution is 2.27. The highest BCUT2D eigenvalue weighted by Gasteiger charge is 2.28. The molecule has 0 heterocycles. The number of allylic oxidation sites excluding steroid dienone is 1. The highest BCUT2D eigenvalue weighted by molar-refractivity contribution is 7.91. The molecule has 0 bridgehead atoms. The molecule has 0 N–H and O–H groups in total. The van der Waals surface area contributed by atoms with Crippen LogP contribution in [0.3, 0.4) is 0 Å². The molecule has 0 radical (unpaired) electrons. The number of carbonyl (C=O) groups is 6. The minimum atomic E-state index is -3.72. The second-order valence-electron chi connectivity index (χ2n) is 9.92. The Balaban J connectivity index is 0.000000467. The van der Waals surface area contributed by atoms with E-state index in [-0.39, 0.29) is 67.6 Å². The number of esters is 2. The van der Waals surface area contributed by atoms with Gasteiger partial charge in [-0.05, 0) is 70.0 Å². The Bertz CT molecular complexity index is 1830. The van der Waals surface area contributed by atoms with E-state index in [4.69, 9.17) is 4.74 Å². The quantitative estimate of drug-likeness (QED) is 0.0791. The van der Waals surface area contributed by atoms with Crippen molar-refractivity contribution < 1.29 is 59.8 Å². The zero-order valence-electron chi connectivity index (χ0n) is 26.9. The van der Waals surface area contributed by atoms with Crippen LogP contribution in [0.25, 0.3) is 0 Å². The smallest absolute Gasteiger partial charge is 0.339 e. The van der Waals surface area contributed by atoms with E-state index in [1.807, 2.05) is 0 Å². The SMILES string of the molecule is CCOC=C(C(C)=O)C(=O)c1ccc(S(C)(=O)=O)c(C(=O)OC)c1C.COC(=O)c1c(S(C)(=O)=O)ccc(C(=O)CC(C)=O)c1C. The van der Waals surface area contributed by atoms with E-state index in [0.29, 0.717) is 0 Å². The van der Waals surface area contributed by atoms with Gasteiger partial charge in [-0.15, -0.1) is 0 Å². The maximum absolute atomic E-state index is 12.7. The Kier molecular flexibility index (Phi) is 13.9. The van der Waals surface area contributed by atoms with Crippen LogP contribution in [0.5, 0.6) is 0 Å². The van der Waals surface area contributed by atoms with Gasteiger partial charge in [-0.1, -0.05) is 0 Å². The predicted octanol–water partition coefficient (Wildman–Crippen LogP) is 3.22. The molecule has 250 valence electrons. The lowest BCUT2D eigenvalue weighted by molar-refractivity contribution is -0.116. The first-order chi connectivity index (χ1) is 21.1. The summed E-state index contributed by atoms with van der Waals surface area (Å²) in [6.45, 7) is 7.33. The number of benzene rings is 2. The summed E-state index contributed by atoms with van der Waals surface area (Å²) in [6.07, 6.45) is 2.67. The molecule has 2 aromatic rings. The van der Waals surface area contributed by atoms with Crippen molar-refractivity contribution in [3.63, 3.8) is 0 Å². The molecule has 0 spiro atoms. The van der Waals surface area contributed by atoms with Crippen LogP contribution >= 0.6 is 0 Å². The summed E-state index contributed by atoms with van der Waals surface area (Å²) in [5.41, 5.74) is -0.135. The zero-order valence-corrected chi connectivity index (χ0v) is 28.6. The fourth-order valence-electron chi connectivity index (χ4n) is 4.18. The molecule has 0 atom stereocenters. The lowest BCUT2D eigenvalue weighted by atomic mass is 9.94. The van der Waals surface area contributed by atoms with Crippen molar-refractivity contribution in [2.45, 2.75) is 50.8 Å². The molecule has 2 rings (SSSR count). The van der Waals surface area contributed by atoms with Crippen molar-refractivity contribution >= 4 is 54.7 Å². The average Bonchev–Trinajstić information content (AvgIpc) is 2.94. The van der Waals surface area contributed by atoms with Gasteiger partial charge in [-0.2, -0.15) is 0 Å². The molecule has 0 saturated heterocycles. The number of sulfone groups is 2. The van der Waals surface area contributed by atoms with E-state index in [9.17, 15) is 45.6 Å². The van der Waals surface area contributed by atoms with Crippen molar-refractivity contribution in [3.8, 4) is 0 Å². The van der Waals surface area contributed by atoms with Crippen LogP contribution in [0.2, 0.25) is 0 Å². The fraction of sp³-hybridized carbons (Fsp3) is 0.355. The standard InChI is InChI=1S/C17H20O7S.C14H16O6S/c1-6-24-9-13(11(3)18)16(19)12-7-8-14(25(5,21)22)15(10(12)2)17(20)23-4;1-8(15)7-11(16)10-5-6-12(21(4,18)19)13(9(10)2)14(17)20-3/h7-9H,6H2,1-5H3;5-6H,7H2,1-4H3. The first kappa shape index (κ1) is 39.5. The summed E-state index contributed by atoms with van der Waals surface area (Å²) in [7, 11) is -5.15. The molecule has 0 aromatic heterocycles. The number of ketones is 4. The van der Waals surface area contributed by atoms with Gasteiger partial charge in [-0.25, -0.2) is 26.4 Å². The van der Waals surface area contributed by atoms with Crippen LogP contribution in [0.15, 0.2) is 45.9 Å². The van der Waals surface area contributed by atoms with Crippen LogP contribution in [0.4, 0.5) is 0 Å². The summed E-state index contributed by atoms with van der Waals surface area (Å²) < 4.78 is 61.6.